The van der Waals surface area contributed by atoms with E-state index in [1.807, 2.05) is 0 Å². The standard InChI is InChI=1S/C7H10O5/c1-5(8)11-4-6-2-3-10-7(9)12-6/h6H,2-4H2,1H3. The number of carbonyl (C=O) groups excluding carboxylic acids is 2. The summed E-state index contributed by atoms with van der Waals surface area (Å²) in [7, 11) is 0. The van der Waals surface area contributed by atoms with E-state index < -0.39 is 6.16 Å². The molecule has 1 heterocycles. The maximum absolute atomic E-state index is 10.5. The first-order valence-electron chi connectivity index (χ1n) is 3.65. The fourth-order valence-electron chi connectivity index (χ4n) is 0.830. The normalized spacial score (nSPS) is 22.4. The minimum absolute atomic E-state index is 0.116. The van der Waals surface area contributed by atoms with Gasteiger partial charge in [0.15, 0.2) is 0 Å². The molecule has 12 heavy (non-hydrogen) atoms. The highest BCUT2D eigenvalue weighted by molar-refractivity contribution is 5.66. The largest absolute Gasteiger partial charge is 0.508 e. The summed E-state index contributed by atoms with van der Waals surface area (Å²) in [6.07, 6.45) is -0.479. The molecule has 0 aromatic heterocycles. The highest BCUT2D eigenvalue weighted by Gasteiger charge is 2.22. The fourth-order valence-corrected chi connectivity index (χ4v) is 0.830. The Morgan fingerprint density at radius 1 is 1.75 bits per heavy atom. The topological polar surface area (TPSA) is 61.8 Å². The third-order valence-electron chi connectivity index (χ3n) is 1.40. The maximum Gasteiger partial charge on any atom is 0.508 e. The van der Waals surface area contributed by atoms with Crippen LogP contribution < -0.4 is 0 Å². The molecule has 1 unspecified atom stereocenters. The molecule has 0 aromatic rings. The Bertz CT molecular complexity index is 188. The van der Waals surface area contributed by atoms with Gasteiger partial charge in [-0.2, -0.15) is 0 Å². The van der Waals surface area contributed by atoms with Gasteiger partial charge in [0.25, 0.3) is 0 Å². The summed E-state index contributed by atoms with van der Waals surface area (Å²) in [5.41, 5.74) is 0. The molecule has 0 aliphatic carbocycles. The van der Waals surface area contributed by atoms with Crippen molar-refractivity contribution in [3.05, 3.63) is 0 Å². The van der Waals surface area contributed by atoms with Gasteiger partial charge in [0.2, 0.25) is 0 Å². The van der Waals surface area contributed by atoms with E-state index in [0.29, 0.717) is 13.0 Å². The second-order valence-electron chi connectivity index (χ2n) is 2.43. The van der Waals surface area contributed by atoms with Crippen LogP contribution in [0.3, 0.4) is 0 Å². The van der Waals surface area contributed by atoms with E-state index in [4.69, 9.17) is 4.74 Å². The zero-order valence-electron chi connectivity index (χ0n) is 6.74. The molecule has 5 heteroatoms. The minimum atomic E-state index is -0.696. The number of esters is 1. The number of rotatable bonds is 2. The zero-order valence-corrected chi connectivity index (χ0v) is 6.74. The number of hydrogen-bond acceptors (Lipinski definition) is 5. The van der Waals surface area contributed by atoms with E-state index >= 15 is 0 Å². The van der Waals surface area contributed by atoms with Crippen molar-refractivity contribution >= 4 is 12.1 Å². The van der Waals surface area contributed by atoms with Crippen LogP contribution in [0.4, 0.5) is 4.79 Å². The predicted molar refractivity (Wildman–Crippen MR) is 37.5 cm³/mol. The minimum Gasteiger partial charge on any atom is -0.462 e. The maximum atomic E-state index is 10.5. The molecular formula is C7H10O5. The first-order chi connectivity index (χ1) is 5.68. The van der Waals surface area contributed by atoms with E-state index in [1.54, 1.807) is 0 Å². The molecule has 1 aliphatic heterocycles. The average Bonchev–Trinajstić information content (AvgIpc) is 2.01. The molecule has 1 fully saturated rings. The van der Waals surface area contributed by atoms with Crippen molar-refractivity contribution in [2.45, 2.75) is 19.4 Å². The summed E-state index contributed by atoms with van der Waals surface area (Å²) in [6.45, 7) is 1.75. The van der Waals surface area contributed by atoms with E-state index in [2.05, 4.69) is 9.47 Å². The molecule has 0 N–H and O–H groups in total. The number of ether oxygens (including phenoxy) is 3. The van der Waals surface area contributed by atoms with Crippen LogP contribution in [0.5, 0.6) is 0 Å². The highest BCUT2D eigenvalue weighted by atomic mass is 16.7. The van der Waals surface area contributed by atoms with Crippen molar-refractivity contribution in [3.63, 3.8) is 0 Å². The quantitative estimate of drug-likeness (QED) is 0.569. The molecule has 0 saturated carbocycles. The van der Waals surface area contributed by atoms with Crippen LogP contribution in [0.15, 0.2) is 0 Å². The van der Waals surface area contributed by atoms with Gasteiger partial charge in [-0.05, 0) is 0 Å². The molecule has 0 aromatic carbocycles. The Morgan fingerprint density at radius 2 is 2.50 bits per heavy atom. The van der Waals surface area contributed by atoms with Crippen molar-refractivity contribution in [2.24, 2.45) is 0 Å². The van der Waals surface area contributed by atoms with Crippen molar-refractivity contribution < 1.29 is 23.8 Å². The molecular weight excluding hydrogens is 164 g/mol. The van der Waals surface area contributed by atoms with Gasteiger partial charge in [-0.15, -0.1) is 0 Å². The van der Waals surface area contributed by atoms with Crippen LogP contribution >= 0.6 is 0 Å². The van der Waals surface area contributed by atoms with Crippen LogP contribution in [0.2, 0.25) is 0 Å². The lowest BCUT2D eigenvalue weighted by Crippen LogP contribution is -2.31. The molecule has 5 nitrogen and oxygen atoms in total. The number of hydrogen-bond donors (Lipinski definition) is 0. The SMILES string of the molecule is CC(=O)OCC1CCOC(=O)O1. The second kappa shape index (κ2) is 3.94. The highest BCUT2D eigenvalue weighted by Crippen LogP contribution is 2.08. The Balaban J connectivity index is 2.23. The summed E-state index contributed by atoms with van der Waals surface area (Å²) in [4.78, 5) is 20.9. The summed E-state index contributed by atoms with van der Waals surface area (Å²) in [6, 6.07) is 0. The molecule has 1 rings (SSSR count). The summed E-state index contributed by atoms with van der Waals surface area (Å²) >= 11 is 0. The molecule has 0 amide bonds. The lowest BCUT2D eigenvalue weighted by atomic mass is 10.3. The predicted octanol–water partition coefficient (Wildman–Crippen LogP) is 0.475. The number of cyclic esters (lactones) is 2. The van der Waals surface area contributed by atoms with Crippen LogP contribution in [-0.4, -0.2) is 31.4 Å². The molecule has 1 saturated heterocycles. The van der Waals surface area contributed by atoms with Gasteiger partial charge in [0.05, 0.1) is 6.61 Å². The van der Waals surface area contributed by atoms with Crippen molar-refractivity contribution in [1.82, 2.24) is 0 Å². The molecule has 1 aliphatic rings. The van der Waals surface area contributed by atoms with Crippen molar-refractivity contribution in [3.8, 4) is 0 Å². The fraction of sp³-hybridized carbons (Fsp3) is 0.714. The molecule has 0 spiro atoms. The van der Waals surface area contributed by atoms with Crippen LogP contribution in [0.25, 0.3) is 0 Å². The summed E-state index contributed by atoms with van der Waals surface area (Å²) < 4.78 is 13.9. The van der Waals surface area contributed by atoms with Crippen LogP contribution in [0.1, 0.15) is 13.3 Å². The van der Waals surface area contributed by atoms with E-state index in [-0.39, 0.29) is 18.7 Å². The first-order valence-corrected chi connectivity index (χ1v) is 3.65. The summed E-state index contributed by atoms with van der Waals surface area (Å²) in [5.74, 6) is -0.377. The number of carbonyl (C=O) groups is 2. The molecule has 0 bridgehead atoms. The van der Waals surface area contributed by atoms with Gasteiger partial charge in [-0.1, -0.05) is 0 Å². The molecule has 0 radical (unpaired) electrons. The van der Waals surface area contributed by atoms with Crippen LogP contribution in [-0.2, 0) is 19.0 Å². The van der Waals surface area contributed by atoms with Crippen LogP contribution in [0, 0.1) is 0 Å². The van der Waals surface area contributed by atoms with Gasteiger partial charge in [0, 0.05) is 13.3 Å². The Kier molecular flexibility index (Phi) is 2.90. The summed E-state index contributed by atoms with van der Waals surface area (Å²) in [5, 5.41) is 0. The lowest BCUT2D eigenvalue weighted by Gasteiger charge is -2.21. The average molecular weight is 174 g/mol. The van der Waals surface area contributed by atoms with Gasteiger partial charge < -0.3 is 14.2 Å². The second-order valence-corrected chi connectivity index (χ2v) is 2.43. The Labute approximate surface area is 69.6 Å². The van der Waals surface area contributed by atoms with Gasteiger partial charge >= 0.3 is 12.1 Å². The lowest BCUT2D eigenvalue weighted by molar-refractivity contribution is -0.146. The van der Waals surface area contributed by atoms with E-state index in [9.17, 15) is 9.59 Å². The smallest absolute Gasteiger partial charge is 0.462 e. The molecule has 1 atom stereocenters. The molecule has 68 valence electrons. The van der Waals surface area contributed by atoms with Gasteiger partial charge in [-0.3, -0.25) is 4.79 Å². The van der Waals surface area contributed by atoms with Gasteiger partial charge in [0.1, 0.15) is 12.7 Å². The zero-order chi connectivity index (χ0) is 8.97. The first kappa shape index (κ1) is 8.83. The van der Waals surface area contributed by atoms with Gasteiger partial charge in [-0.25, -0.2) is 4.79 Å². The Morgan fingerprint density at radius 3 is 3.08 bits per heavy atom. The third kappa shape index (κ3) is 2.77. The van der Waals surface area contributed by atoms with E-state index in [0.717, 1.165) is 0 Å². The van der Waals surface area contributed by atoms with Crippen molar-refractivity contribution in [2.75, 3.05) is 13.2 Å². The monoisotopic (exact) mass is 174 g/mol. The third-order valence-corrected chi connectivity index (χ3v) is 1.40. The Hall–Kier alpha value is -1.26. The van der Waals surface area contributed by atoms with Crippen molar-refractivity contribution in [1.29, 1.82) is 0 Å². The van der Waals surface area contributed by atoms with E-state index in [1.165, 1.54) is 6.92 Å².